The molecule has 0 atom stereocenters. The van der Waals surface area contributed by atoms with Crippen molar-refractivity contribution in [3.63, 3.8) is 0 Å². The van der Waals surface area contributed by atoms with E-state index in [0.717, 1.165) is 6.42 Å². The zero-order chi connectivity index (χ0) is 33.3. The van der Waals surface area contributed by atoms with Crippen molar-refractivity contribution < 1.29 is 0 Å². The highest BCUT2D eigenvalue weighted by atomic mass is 14.5. The van der Waals surface area contributed by atoms with Crippen molar-refractivity contribution in [2.75, 3.05) is 0 Å². The highest BCUT2D eigenvalue weighted by Gasteiger charge is 2.18. The first kappa shape index (κ1) is 32.4. The molecule has 0 bridgehead atoms. The van der Waals surface area contributed by atoms with Gasteiger partial charge in [-0.2, -0.15) is 0 Å². The van der Waals surface area contributed by atoms with Gasteiger partial charge in [0.05, 0.1) is 0 Å². The Morgan fingerprint density at radius 1 is 0.521 bits per heavy atom. The van der Waals surface area contributed by atoms with E-state index in [2.05, 4.69) is 172 Å². The molecule has 0 aromatic heterocycles. The Kier molecular flexibility index (Phi) is 10.4. The maximum absolute atomic E-state index is 5.62. The van der Waals surface area contributed by atoms with Gasteiger partial charge in [-0.3, -0.25) is 0 Å². The molecule has 0 fully saturated rings. The van der Waals surface area contributed by atoms with Crippen LogP contribution >= 0.6 is 0 Å². The molecule has 0 saturated carbocycles. The lowest BCUT2D eigenvalue weighted by Crippen LogP contribution is -1.98. The van der Waals surface area contributed by atoms with Gasteiger partial charge >= 0.3 is 0 Å². The SMILES string of the molecule is C/C=C\Cc1c(C)c(/C=C\C)c(-c2cc(-c3ccccc3)cc(-c3ccccc3)c2)c2ccccc12.NCc1cccc2ccccc12. The third-order valence-electron chi connectivity index (χ3n) is 9.07. The molecule has 1 heteroatoms. The largest absolute Gasteiger partial charge is 0.326 e. The first-order chi connectivity index (χ1) is 23.6. The molecule has 0 heterocycles. The minimum atomic E-state index is 0.612. The van der Waals surface area contributed by atoms with E-state index in [0.29, 0.717) is 6.54 Å². The maximum Gasteiger partial charge on any atom is 0.0184 e. The highest BCUT2D eigenvalue weighted by molar-refractivity contribution is 6.04. The predicted octanol–water partition coefficient (Wildman–Crippen LogP) is 12.6. The summed E-state index contributed by atoms with van der Waals surface area (Å²) in [6.45, 7) is 7.10. The van der Waals surface area contributed by atoms with Crippen LogP contribution in [0.5, 0.6) is 0 Å². The second-order valence-electron chi connectivity index (χ2n) is 12.1. The Morgan fingerprint density at radius 3 is 1.67 bits per heavy atom. The number of hydrogen-bond acceptors (Lipinski definition) is 1. The molecule has 0 aliphatic carbocycles. The summed E-state index contributed by atoms with van der Waals surface area (Å²) in [5.41, 5.74) is 18.4. The third-order valence-corrected chi connectivity index (χ3v) is 9.07. The zero-order valence-corrected chi connectivity index (χ0v) is 28.2. The minimum absolute atomic E-state index is 0.612. The number of nitrogens with two attached hydrogens (primary N) is 1. The van der Waals surface area contributed by atoms with Crippen molar-refractivity contribution in [2.24, 2.45) is 5.73 Å². The highest BCUT2D eigenvalue weighted by Crippen LogP contribution is 2.41. The number of allylic oxidation sites excluding steroid dienone is 3. The van der Waals surface area contributed by atoms with Crippen molar-refractivity contribution in [1.82, 2.24) is 0 Å². The van der Waals surface area contributed by atoms with Crippen LogP contribution < -0.4 is 5.73 Å². The standard InChI is InChI=1S/C36H32.C11H11N/c1-4-6-20-32-26(3)33(15-5-2)36(35-22-14-13-21-34(32)35)31-24-29(27-16-9-7-10-17-27)23-30(25-31)28-18-11-8-12-19-28;12-8-10-6-3-5-9-4-1-2-7-11(9)10/h4-19,21-25H,20H2,1-3H3;1-7H,8,12H2/b6-4-,15-5-;. The molecule has 7 aromatic carbocycles. The van der Waals surface area contributed by atoms with E-state index < -0.39 is 0 Å². The number of benzene rings is 7. The summed E-state index contributed by atoms with van der Waals surface area (Å²) < 4.78 is 0. The molecule has 236 valence electrons. The lowest BCUT2D eigenvalue weighted by molar-refractivity contribution is 1.09. The van der Waals surface area contributed by atoms with Gasteiger partial charge in [-0.1, -0.05) is 152 Å². The summed E-state index contributed by atoms with van der Waals surface area (Å²) in [4.78, 5) is 0. The van der Waals surface area contributed by atoms with Crippen LogP contribution in [-0.4, -0.2) is 0 Å². The van der Waals surface area contributed by atoms with Crippen LogP contribution in [0.3, 0.4) is 0 Å². The fourth-order valence-corrected chi connectivity index (χ4v) is 6.68. The quantitative estimate of drug-likeness (QED) is 0.176. The molecule has 0 aliphatic rings. The molecule has 7 aromatic rings. The van der Waals surface area contributed by atoms with Crippen molar-refractivity contribution in [3.05, 3.63) is 186 Å². The van der Waals surface area contributed by atoms with Crippen LogP contribution in [0.4, 0.5) is 0 Å². The summed E-state index contributed by atoms with van der Waals surface area (Å²) in [6, 6.07) is 51.9. The number of rotatable bonds is 7. The van der Waals surface area contributed by atoms with Gasteiger partial charge in [-0.25, -0.2) is 0 Å². The summed E-state index contributed by atoms with van der Waals surface area (Å²) >= 11 is 0. The number of hydrogen-bond donors (Lipinski definition) is 1. The van der Waals surface area contributed by atoms with E-state index >= 15 is 0 Å². The Labute approximate surface area is 285 Å². The van der Waals surface area contributed by atoms with Gasteiger partial charge in [0.25, 0.3) is 0 Å². The van der Waals surface area contributed by atoms with E-state index in [9.17, 15) is 0 Å². The molecule has 0 spiro atoms. The molecule has 0 amide bonds. The van der Waals surface area contributed by atoms with Crippen LogP contribution in [0.15, 0.2) is 164 Å². The monoisotopic (exact) mass is 621 g/mol. The van der Waals surface area contributed by atoms with Crippen LogP contribution in [0.2, 0.25) is 0 Å². The van der Waals surface area contributed by atoms with Gasteiger partial charge in [-0.05, 0) is 123 Å². The van der Waals surface area contributed by atoms with E-state index in [1.807, 2.05) is 18.2 Å². The Hall–Kier alpha value is -5.50. The zero-order valence-electron chi connectivity index (χ0n) is 28.2. The molecule has 0 radical (unpaired) electrons. The molecule has 48 heavy (non-hydrogen) atoms. The van der Waals surface area contributed by atoms with Gasteiger partial charge in [0.2, 0.25) is 0 Å². The van der Waals surface area contributed by atoms with Crippen LogP contribution in [0.25, 0.3) is 61.0 Å². The smallest absolute Gasteiger partial charge is 0.0184 e. The molecule has 2 N–H and O–H groups in total. The molecular formula is C47H43N. The summed E-state index contributed by atoms with van der Waals surface area (Å²) in [7, 11) is 0. The third kappa shape index (κ3) is 6.93. The Morgan fingerprint density at radius 2 is 1.06 bits per heavy atom. The average molecular weight is 622 g/mol. The van der Waals surface area contributed by atoms with Crippen LogP contribution in [-0.2, 0) is 13.0 Å². The lowest BCUT2D eigenvalue weighted by Gasteiger charge is -2.20. The molecular weight excluding hydrogens is 579 g/mol. The van der Waals surface area contributed by atoms with Crippen LogP contribution in [0.1, 0.15) is 36.1 Å². The van der Waals surface area contributed by atoms with E-state index in [1.54, 1.807) is 0 Å². The van der Waals surface area contributed by atoms with Crippen molar-refractivity contribution >= 4 is 27.6 Å². The van der Waals surface area contributed by atoms with Gasteiger partial charge in [0.1, 0.15) is 0 Å². The summed E-state index contributed by atoms with van der Waals surface area (Å²) in [5.74, 6) is 0. The topological polar surface area (TPSA) is 26.0 Å². The average Bonchev–Trinajstić information content (AvgIpc) is 3.15. The van der Waals surface area contributed by atoms with Gasteiger partial charge < -0.3 is 5.73 Å². The second kappa shape index (κ2) is 15.4. The second-order valence-corrected chi connectivity index (χ2v) is 12.1. The lowest BCUT2D eigenvalue weighted by atomic mass is 9.83. The van der Waals surface area contributed by atoms with Crippen molar-refractivity contribution in [1.29, 1.82) is 0 Å². The van der Waals surface area contributed by atoms with E-state index in [-0.39, 0.29) is 0 Å². The summed E-state index contributed by atoms with van der Waals surface area (Å²) in [5, 5.41) is 5.17. The van der Waals surface area contributed by atoms with Crippen molar-refractivity contribution in [2.45, 2.75) is 33.7 Å². The summed E-state index contributed by atoms with van der Waals surface area (Å²) in [6.07, 6.45) is 9.80. The Bertz CT molecular complexity index is 2140. The fraction of sp³-hybridized carbons (Fsp3) is 0.106. The van der Waals surface area contributed by atoms with Crippen molar-refractivity contribution in [3.8, 4) is 33.4 Å². The van der Waals surface area contributed by atoms with Crippen LogP contribution in [0, 0.1) is 6.92 Å². The normalized spacial score (nSPS) is 11.3. The van der Waals surface area contributed by atoms with E-state index in [1.165, 1.54) is 77.2 Å². The predicted molar refractivity (Wildman–Crippen MR) is 210 cm³/mol. The van der Waals surface area contributed by atoms with Gasteiger partial charge in [0.15, 0.2) is 0 Å². The molecule has 0 saturated heterocycles. The first-order valence-electron chi connectivity index (χ1n) is 16.8. The molecule has 1 nitrogen and oxygen atoms in total. The molecule has 7 rings (SSSR count). The number of fused-ring (bicyclic) bond motifs is 2. The minimum Gasteiger partial charge on any atom is -0.326 e. The maximum atomic E-state index is 5.62. The van der Waals surface area contributed by atoms with E-state index in [4.69, 9.17) is 5.73 Å². The molecule has 0 aliphatic heterocycles. The fourth-order valence-electron chi connectivity index (χ4n) is 6.68. The van der Waals surface area contributed by atoms with Gasteiger partial charge in [0, 0.05) is 6.54 Å². The van der Waals surface area contributed by atoms with Gasteiger partial charge in [-0.15, -0.1) is 0 Å². The first-order valence-corrected chi connectivity index (χ1v) is 16.8. The Balaban J connectivity index is 0.000000280. The molecule has 0 unspecified atom stereocenters.